The van der Waals surface area contributed by atoms with Crippen LogP contribution < -0.4 is 26.2 Å². The second kappa shape index (κ2) is 16.0. The lowest BCUT2D eigenvalue weighted by molar-refractivity contribution is 0.0951. The Kier molecular flexibility index (Phi) is 10.8. The molecule has 284 valence electrons. The predicted octanol–water partition coefficient (Wildman–Crippen LogP) is 6.16. The van der Waals surface area contributed by atoms with E-state index in [1.165, 1.54) is 30.5 Å². The summed E-state index contributed by atoms with van der Waals surface area (Å²) in [4.78, 5) is 45.7. The zero-order chi connectivity index (χ0) is 38.6. The number of aliphatic imine (C=N–C) groups is 1. The van der Waals surface area contributed by atoms with E-state index in [1.807, 2.05) is 49.1 Å². The highest BCUT2D eigenvalue weighted by atomic mass is 19.1. The highest BCUT2D eigenvalue weighted by molar-refractivity contribution is 6.10. The van der Waals surface area contributed by atoms with E-state index in [-0.39, 0.29) is 35.0 Å². The zero-order valence-corrected chi connectivity index (χ0v) is 30.7. The Morgan fingerprint density at radius 3 is 2.47 bits per heavy atom. The number of aromatic amines is 1. The molecule has 0 bridgehead atoms. The molecule has 2 aromatic heterocycles. The largest absolute Gasteiger partial charge is 0.369 e. The van der Waals surface area contributed by atoms with Crippen molar-refractivity contribution >= 4 is 51.7 Å². The number of amides is 2. The van der Waals surface area contributed by atoms with Crippen LogP contribution in [0.15, 0.2) is 71.9 Å². The van der Waals surface area contributed by atoms with Crippen molar-refractivity contribution in [3.8, 4) is 11.3 Å². The van der Waals surface area contributed by atoms with Gasteiger partial charge in [-0.2, -0.15) is 4.98 Å². The minimum absolute atomic E-state index is 0.0159. The van der Waals surface area contributed by atoms with Gasteiger partial charge in [0, 0.05) is 98.2 Å². The molecule has 2 amide bonds. The second-order valence-electron chi connectivity index (χ2n) is 13.2. The molecule has 0 spiro atoms. The molecular weight excluding hydrogens is 710 g/mol. The summed E-state index contributed by atoms with van der Waals surface area (Å²) >= 11 is 0. The Morgan fingerprint density at radius 2 is 1.78 bits per heavy atom. The number of amidine groups is 1. The molecule has 4 heterocycles. The SMILES string of the molecule is C/C=C\C(=NCC)Nc1nc(Nc2ccc(N3CCN(Cc4c(F)cc(-c5[nH]c6cc(F)cc7c6c5CCNC7=O)cc4F)CC3)cc2)ncc1C(=O)NC. The van der Waals surface area contributed by atoms with Crippen LogP contribution in [0.2, 0.25) is 0 Å². The van der Waals surface area contributed by atoms with Crippen LogP contribution in [0.4, 0.5) is 36.3 Å². The van der Waals surface area contributed by atoms with E-state index in [4.69, 9.17) is 0 Å². The maximum atomic E-state index is 15.6. The zero-order valence-electron chi connectivity index (χ0n) is 30.7. The molecule has 7 rings (SSSR count). The second-order valence-corrected chi connectivity index (χ2v) is 13.2. The quantitative estimate of drug-likeness (QED) is 0.0845. The number of aromatic nitrogens is 3. The summed E-state index contributed by atoms with van der Waals surface area (Å²) in [6, 6.07) is 12.9. The van der Waals surface area contributed by atoms with Crippen LogP contribution in [-0.4, -0.2) is 83.8 Å². The molecule has 15 heteroatoms. The minimum Gasteiger partial charge on any atom is -0.369 e. The van der Waals surface area contributed by atoms with Crippen molar-refractivity contribution in [2.24, 2.45) is 4.99 Å². The summed E-state index contributed by atoms with van der Waals surface area (Å²) in [6.07, 6.45) is 5.53. The average Bonchev–Trinajstić information content (AvgIpc) is 3.45. The molecule has 1 saturated heterocycles. The van der Waals surface area contributed by atoms with Gasteiger partial charge in [0.15, 0.2) is 0 Å². The lowest BCUT2D eigenvalue weighted by Crippen LogP contribution is -2.46. The van der Waals surface area contributed by atoms with E-state index >= 15 is 8.78 Å². The predicted molar refractivity (Wildman–Crippen MR) is 209 cm³/mol. The first kappa shape index (κ1) is 37.1. The van der Waals surface area contributed by atoms with Gasteiger partial charge in [-0.25, -0.2) is 18.2 Å². The highest BCUT2D eigenvalue weighted by Gasteiger charge is 2.26. The fraction of sp³-hybridized carbons (Fsp3) is 0.275. The van der Waals surface area contributed by atoms with Gasteiger partial charge < -0.3 is 31.2 Å². The Labute approximate surface area is 316 Å². The van der Waals surface area contributed by atoms with Crippen LogP contribution >= 0.6 is 0 Å². The number of hydrogen-bond acceptors (Lipinski definition) is 8. The standard InChI is InChI=1S/C40H41F3N10O2/c1-4-6-34(45-5-2)50-37-29(38(54)44-3)21-47-40(51-37)48-25-7-9-26(10-8-25)53-15-13-52(14-16-53)22-30-31(42)17-23(18-32(30)43)36-27-11-12-46-39(55)28-19-24(41)20-33(49-36)35(27)28/h4,6-10,17-21,49H,5,11-16,22H2,1-3H3,(H,44,54)(H,46,55)(H2,45,47,48,50,51)/b6-4-. The number of carbonyl (C=O) groups excluding carboxylic acids is 2. The topological polar surface area (TPSA) is 143 Å². The van der Waals surface area contributed by atoms with Crippen LogP contribution in [0.25, 0.3) is 22.2 Å². The summed E-state index contributed by atoms with van der Waals surface area (Å²) < 4.78 is 45.6. The van der Waals surface area contributed by atoms with E-state index in [0.717, 1.165) is 16.9 Å². The van der Waals surface area contributed by atoms with Gasteiger partial charge in [0.1, 0.15) is 34.7 Å². The molecule has 2 aliphatic heterocycles. The summed E-state index contributed by atoms with van der Waals surface area (Å²) in [5, 5.41) is 12.3. The van der Waals surface area contributed by atoms with Gasteiger partial charge in [-0.3, -0.25) is 19.5 Å². The first-order valence-electron chi connectivity index (χ1n) is 18.1. The number of nitrogens with one attached hydrogen (secondary N) is 5. The number of halogens is 3. The van der Waals surface area contributed by atoms with Gasteiger partial charge >= 0.3 is 0 Å². The van der Waals surface area contributed by atoms with Gasteiger partial charge in [0.2, 0.25) is 5.95 Å². The lowest BCUT2D eigenvalue weighted by Gasteiger charge is -2.36. The summed E-state index contributed by atoms with van der Waals surface area (Å²) in [5.74, 6) is -1.44. The number of H-pyrrole nitrogens is 1. The molecule has 55 heavy (non-hydrogen) atoms. The number of benzene rings is 3. The number of piperazine rings is 1. The average molecular weight is 751 g/mol. The number of allylic oxidation sites excluding steroid dienone is 1. The molecule has 3 aromatic carbocycles. The van der Waals surface area contributed by atoms with Crippen molar-refractivity contribution in [2.45, 2.75) is 26.8 Å². The summed E-state index contributed by atoms with van der Waals surface area (Å²) in [7, 11) is 1.54. The number of carbonyl (C=O) groups is 2. The lowest BCUT2D eigenvalue weighted by atomic mass is 9.99. The van der Waals surface area contributed by atoms with Crippen LogP contribution in [0.5, 0.6) is 0 Å². The molecule has 0 radical (unpaired) electrons. The third-order valence-electron chi connectivity index (χ3n) is 9.70. The summed E-state index contributed by atoms with van der Waals surface area (Å²) in [6.45, 7) is 7.28. The number of rotatable bonds is 10. The maximum Gasteiger partial charge on any atom is 0.256 e. The Balaban J connectivity index is 0.997. The van der Waals surface area contributed by atoms with Crippen LogP contribution in [0.3, 0.4) is 0 Å². The van der Waals surface area contributed by atoms with E-state index in [2.05, 4.69) is 46.1 Å². The first-order chi connectivity index (χ1) is 26.6. The molecule has 2 aliphatic rings. The van der Waals surface area contributed by atoms with Crippen molar-refractivity contribution in [1.29, 1.82) is 0 Å². The molecule has 0 unspecified atom stereocenters. The minimum atomic E-state index is -0.664. The van der Waals surface area contributed by atoms with Gasteiger partial charge in [0.25, 0.3) is 11.8 Å². The molecule has 1 fully saturated rings. The molecule has 5 N–H and O–H groups in total. The van der Waals surface area contributed by atoms with E-state index in [1.54, 1.807) is 13.1 Å². The summed E-state index contributed by atoms with van der Waals surface area (Å²) in [5.41, 5.74) is 4.11. The van der Waals surface area contributed by atoms with Crippen LogP contribution in [-0.2, 0) is 13.0 Å². The van der Waals surface area contributed by atoms with E-state index in [9.17, 15) is 14.0 Å². The van der Waals surface area contributed by atoms with Crippen LogP contribution in [0.1, 0.15) is 45.7 Å². The molecule has 0 saturated carbocycles. The fourth-order valence-corrected chi connectivity index (χ4v) is 7.03. The third-order valence-corrected chi connectivity index (χ3v) is 9.70. The molecular formula is C40H41F3N10O2. The molecule has 0 atom stereocenters. The van der Waals surface area contributed by atoms with Crippen LogP contribution in [0, 0.1) is 17.5 Å². The smallest absolute Gasteiger partial charge is 0.256 e. The van der Waals surface area contributed by atoms with Gasteiger partial charge in [0.05, 0.1) is 5.56 Å². The van der Waals surface area contributed by atoms with Gasteiger partial charge in [-0.05, 0) is 80.4 Å². The van der Waals surface area contributed by atoms with Crippen molar-refractivity contribution < 1.29 is 22.8 Å². The molecule has 5 aromatic rings. The Hall–Kier alpha value is -6.22. The monoisotopic (exact) mass is 750 g/mol. The number of anilines is 4. The Bertz CT molecular complexity index is 2290. The number of nitrogens with zero attached hydrogens (tertiary/aromatic N) is 5. The van der Waals surface area contributed by atoms with Gasteiger partial charge in [-0.15, -0.1) is 0 Å². The van der Waals surface area contributed by atoms with Gasteiger partial charge in [-0.1, -0.05) is 6.08 Å². The third kappa shape index (κ3) is 7.87. The normalized spacial score (nSPS) is 15.0. The Morgan fingerprint density at radius 1 is 1.04 bits per heavy atom. The van der Waals surface area contributed by atoms with Crippen molar-refractivity contribution in [2.75, 3.05) is 61.8 Å². The first-order valence-corrected chi connectivity index (χ1v) is 18.1. The highest BCUT2D eigenvalue weighted by Crippen LogP contribution is 2.36. The maximum absolute atomic E-state index is 15.6. The van der Waals surface area contributed by atoms with Crippen molar-refractivity contribution in [3.05, 3.63) is 107 Å². The van der Waals surface area contributed by atoms with E-state index in [0.29, 0.717) is 85.5 Å². The molecule has 12 nitrogen and oxygen atoms in total. The molecule has 0 aliphatic carbocycles. The number of hydrogen-bond donors (Lipinski definition) is 5. The fourth-order valence-electron chi connectivity index (χ4n) is 7.03. The van der Waals surface area contributed by atoms with Crippen molar-refractivity contribution in [1.82, 2.24) is 30.5 Å². The van der Waals surface area contributed by atoms with E-state index < -0.39 is 17.5 Å². The van der Waals surface area contributed by atoms with Crippen molar-refractivity contribution in [3.63, 3.8) is 0 Å².